The molecule has 0 aliphatic heterocycles. The first-order valence-corrected chi connectivity index (χ1v) is 4.75. The van der Waals surface area contributed by atoms with Gasteiger partial charge in [0.25, 0.3) is 0 Å². The van der Waals surface area contributed by atoms with Crippen LogP contribution in [0.15, 0.2) is 0 Å². The first-order valence-electron chi connectivity index (χ1n) is 4.75. The second-order valence-corrected chi connectivity index (χ2v) is 3.49. The number of hydrogen-bond acceptors (Lipinski definition) is 3. The van der Waals surface area contributed by atoms with E-state index in [1.54, 1.807) is 0 Å². The molecule has 0 heterocycles. The molecule has 1 aliphatic rings. The topological polar surface area (TPSA) is 41.5 Å². The summed E-state index contributed by atoms with van der Waals surface area (Å²) < 4.78 is 5.37. The lowest BCUT2D eigenvalue weighted by molar-refractivity contribution is -0.134. The van der Waals surface area contributed by atoms with Crippen LogP contribution in [0.4, 0.5) is 0 Å². The molecule has 0 aromatic rings. The van der Waals surface area contributed by atoms with Gasteiger partial charge in [0.15, 0.2) is 0 Å². The Morgan fingerprint density at radius 3 is 2.67 bits per heavy atom. The molecule has 3 heteroatoms. The van der Waals surface area contributed by atoms with Gasteiger partial charge >= 0.3 is 0 Å². The smallest absolute Gasteiger partial charge is 0.0820 e. The maximum absolute atomic E-state index is 9.80. The summed E-state index contributed by atoms with van der Waals surface area (Å²) in [6, 6.07) is 0. The molecule has 72 valence electrons. The van der Waals surface area contributed by atoms with Crippen molar-refractivity contribution in [1.82, 2.24) is 5.32 Å². The molecule has 0 bridgehead atoms. The monoisotopic (exact) mass is 173 g/mol. The van der Waals surface area contributed by atoms with E-state index in [-0.39, 0.29) is 0 Å². The summed E-state index contributed by atoms with van der Waals surface area (Å²) in [5, 5.41) is 12.9. The highest BCUT2D eigenvalue weighted by atomic mass is 16.5. The zero-order valence-corrected chi connectivity index (χ0v) is 7.97. The van der Waals surface area contributed by atoms with Crippen molar-refractivity contribution in [3.05, 3.63) is 0 Å². The van der Waals surface area contributed by atoms with Crippen LogP contribution >= 0.6 is 0 Å². The summed E-state index contributed by atoms with van der Waals surface area (Å²) in [5.74, 6) is 0. The van der Waals surface area contributed by atoms with Crippen LogP contribution in [-0.4, -0.2) is 36.5 Å². The van der Waals surface area contributed by atoms with Crippen LogP contribution in [0, 0.1) is 0 Å². The lowest BCUT2D eigenvalue weighted by atomic mass is 9.77. The van der Waals surface area contributed by atoms with E-state index in [4.69, 9.17) is 4.74 Å². The van der Waals surface area contributed by atoms with Crippen LogP contribution in [-0.2, 0) is 4.74 Å². The van der Waals surface area contributed by atoms with Gasteiger partial charge in [-0.05, 0) is 13.5 Å². The summed E-state index contributed by atoms with van der Waals surface area (Å²) in [6.45, 7) is 6.40. The highest BCUT2D eigenvalue weighted by Gasteiger charge is 2.42. The highest BCUT2D eigenvalue weighted by Crippen LogP contribution is 2.33. The number of ether oxygens (including phenoxy) is 1. The van der Waals surface area contributed by atoms with Gasteiger partial charge in [-0.15, -0.1) is 0 Å². The molecule has 1 saturated carbocycles. The van der Waals surface area contributed by atoms with Crippen molar-refractivity contribution in [3.63, 3.8) is 0 Å². The third-order valence-corrected chi connectivity index (χ3v) is 2.32. The van der Waals surface area contributed by atoms with Gasteiger partial charge < -0.3 is 15.2 Å². The van der Waals surface area contributed by atoms with Crippen LogP contribution in [0.25, 0.3) is 0 Å². The quantitative estimate of drug-likeness (QED) is 0.637. The minimum atomic E-state index is -0.490. The zero-order chi connectivity index (χ0) is 9.03. The minimum absolute atomic E-state index is 0.290. The van der Waals surface area contributed by atoms with Crippen LogP contribution < -0.4 is 5.32 Å². The van der Waals surface area contributed by atoms with Crippen LogP contribution in [0.5, 0.6) is 0 Å². The maximum Gasteiger partial charge on any atom is 0.0820 e. The van der Waals surface area contributed by atoms with Gasteiger partial charge in [0.1, 0.15) is 0 Å². The summed E-state index contributed by atoms with van der Waals surface area (Å²) >= 11 is 0. The molecular formula is C9H19NO2. The second kappa shape index (κ2) is 4.21. The number of likely N-dealkylation sites (N-methyl/N-ethyl adjacent to an activating group) is 1. The van der Waals surface area contributed by atoms with Gasteiger partial charge in [0.2, 0.25) is 0 Å². The predicted octanol–water partition coefficient (Wildman–Crippen LogP) is 0.526. The lowest BCUT2D eigenvalue weighted by Crippen LogP contribution is -2.54. The molecule has 0 amide bonds. The Hall–Kier alpha value is -0.120. The van der Waals surface area contributed by atoms with E-state index in [0.717, 1.165) is 26.0 Å². The minimum Gasteiger partial charge on any atom is -0.388 e. The average Bonchev–Trinajstić information content (AvgIpc) is 1.99. The van der Waals surface area contributed by atoms with Crippen LogP contribution in [0.2, 0.25) is 0 Å². The maximum atomic E-state index is 9.80. The fourth-order valence-electron chi connectivity index (χ4n) is 1.64. The molecule has 0 spiro atoms. The number of rotatable bonds is 5. The first kappa shape index (κ1) is 9.96. The summed E-state index contributed by atoms with van der Waals surface area (Å²) in [7, 11) is 0. The van der Waals surface area contributed by atoms with Crippen molar-refractivity contribution < 1.29 is 9.84 Å². The van der Waals surface area contributed by atoms with Crippen LogP contribution in [0.1, 0.15) is 26.7 Å². The molecule has 2 N–H and O–H groups in total. The Labute approximate surface area is 74.1 Å². The molecule has 1 rings (SSSR count). The van der Waals surface area contributed by atoms with Crippen molar-refractivity contribution in [2.75, 3.05) is 19.7 Å². The second-order valence-electron chi connectivity index (χ2n) is 3.49. The van der Waals surface area contributed by atoms with E-state index >= 15 is 0 Å². The molecule has 1 fully saturated rings. The lowest BCUT2D eigenvalue weighted by Gasteiger charge is -2.43. The number of hydrogen-bond donors (Lipinski definition) is 2. The molecule has 0 atom stereocenters. The van der Waals surface area contributed by atoms with Crippen molar-refractivity contribution in [1.29, 1.82) is 0 Å². The molecule has 0 aromatic carbocycles. The van der Waals surface area contributed by atoms with E-state index in [1.807, 2.05) is 13.8 Å². The molecule has 1 aliphatic carbocycles. The Balaban J connectivity index is 2.12. The summed E-state index contributed by atoms with van der Waals surface area (Å²) in [6.07, 6.45) is 1.86. The van der Waals surface area contributed by atoms with Crippen molar-refractivity contribution in [3.8, 4) is 0 Å². The SMILES string of the molecule is CCNCC1(O)CC(OCC)C1. The zero-order valence-electron chi connectivity index (χ0n) is 7.97. The van der Waals surface area contributed by atoms with Crippen molar-refractivity contribution in [2.45, 2.75) is 38.4 Å². The molecule has 0 radical (unpaired) electrons. The van der Waals surface area contributed by atoms with E-state index in [2.05, 4.69) is 5.32 Å². The summed E-state index contributed by atoms with van der Waals surface area (Å²) in [5.41, 5.74) is -0.490. The Kier molecular flexibility index (Phi) is 3.50. The molecular weight excluding hydrogens is 154 g/mol. The third kappa shape index (κ3) is 2.44. The molecule has 0 aromatic heterocycles. The largest absolute Gasteiger partial charge is 0.388 e. The molecule has 12 heavy (non-hydrogen) atoms. The van der Waals surface area contributed by atoms with Crippen molar-refractivity contribution in [2.24, 2.45) is 0 Å². The predicted molar refractivity (Wildman–Crippen MR) is 48.1 cm³/mol. The highest BCUT2D eigenvalue weighted by molar-refractivity contribution is 4.96. The van der Waals surface area contributed by atoms with Gasteiger partial charge in [0.05, 0.1) is 11.7 Å². The van der Waals surface area contributed by atoms with E-state index in [1.165, 1.54) is 0 Å². The Morgan fingerprint density at radius 1 is 1.50 bits per heavy atom. The summed E-state index contributed by atoms with van der Waals surface area (Å²) in [4.78, 5) is 0. The van der Waals surface area contributed by atoms with Gasteiger partial charge in [-0.3, -0.25) is 0 Å². The third-order valence-electron chi connectivity index (χ3n) is 2.32. The van der Waals surface area contributed by atoms with E-state index in [9.17, 15) is 5.11 Å². The van der Waals surface area contributed by atoms with Crippen LogP contribution in [0.3, 0.4) is 0 Å². The van der Waals surface area contributed by atoms with E-state index in [0.29, 0.717) is 12.6 Å². The van der Waals surface area contributed by atoms with Crippen molar-refractivity contribution >= 4 is 0 Å². The average molecular weight is 173 g/mol. The van der Waals surface area contributed by atoms with E-state index < -0.39 is 5.60 Å². The Morgan fingerprint density at radius 2 is 2.17 bits per heavy atom. The van der Waals surface area contributed by atoms with Gasteiger partial charge in [-0.2, -0.15) is 0 Å². The van der Waals surface area contributed by atoms with Gasteiger partial charge in [0, 0.05) is 26.0 Å². The molecule has 3 nitrogen and oxygen atoms in total. The number of aliphatic hydroxyl groups is 1. The Bertz CT molecular complexity index is 132. The fraction of sp³-hybridized carbons (Fsp3) is 1.00. The standard InChI is InChI=1S/C9H19NO2/c1-3-10-7-9(11)5-8(6-9)12-4-2/h8,10-11H,3-7H2,1-2H3. The fourth-order valence-corrected chi connectivity index (χ4v) is 1.64. The van der Waals surface area contributed by atoms with Gasteiger partial charge in [-0.1, -0.05) is 6.92 Å². The molecule has 0 unspecified atom stereocenters. The van der Waals surface area contributed by atoms with Gasteiger partial charge in [-0.25, -0.2) is 0 Å². The first-order chi connectivity index (χ1) is 5.70. The number of nitrogens with one attached hydrogen (secondary N) is 1. The molecule has 0 saturated heterocycles. The normalized spacial score (nSPS) is 34.8.